The molecule has 2 saturated heterocycles. The first-order chi connectivity index (χ1) is 23.5. The highest BCUT2D eigenvalue weighted by molar-refractivity contribution is 5.83. The van der Waals surface area contributed by atoms with Crippen LogP contribution < -0.4 is 21.3 Å². The summed E-state index contributed by atoms with van der Waals surface area (Å²) in [5.41, 5.74) is 1.94. The molecule has 254 valence electrons. The van der Waals surface area contributed by atoms with Gasteiger partial charge in [0.15, 0.2) is 5.82 Å². The second-order valence-electron chi connectivity index (χ2n) is 13.7. The number of pyridine rings is 3. The van der Waals surface area contributed by atoms with Crippen molar-refractivity contribution in [1.82, 2.24) is 29.6 Å². The highest BCUT2D eigenvalue weighted by Gasteiger charge is 2.32. The fourth-order valence-electron chi connectivity index (χ4n) is 6.54. The van der Waals surface area contributed by atoms with Crippen molar-refractivity contribution in [2.24, 2.45) is 0 Å². The Balaban J connectivity index is 1.16. The van der Waals surface area contributed by atoms with E-state index in [0.29, 0.717) is 34.4 Å². The van der Waals surface area contributed by atoms with Crippen LogP contribution in [0.25, 0.3) is 27.7 Å². The van der Waals surface area contributed by atoms with Crippen LogP contribution in [0.3, 0.4) is 0 Å². The SMILES string of the molecule is C[C@H]1CN(C2COC2)CCN1c1ccc(Nc2cc(-c3ccnc(-n4ncc5cc(C(C)(C)C)cc(F)c5c4=O)c3CO)c[nH]c2=O)nc1. The van der Waals surface area contributed by atoms with Crippen LogP contribution in [-0.2, 0) is 16.8 Å². The van der Waals surface area contributed by atoms with Crippen LogP contribution in [0.5, 0.6) is 0 Å². The minimum atomic E-state index is -0.697. The Morgan fingerprint density at radius 3 is 2.57 bits per heavy atom. The summed E-state index contributed by atoms with van der Waals surface area (Å²) in [6, 6.07) is 11.1. The van der Waals surface area contributed by atoms with E-state index < -0.39 is 18.0 Å². The molecule has 2 fully saturated rings. The van der Waals surface area contributed by atoms with E-state index in [1.54, 1.807) is 24.4 Å². The van der Waals surface area contributed by atoms with Gasteiger partial charge in [0.2, 0.25) is 0 Å². The van der Waals surface area contributed by atoms with E-state index in [2.05, 4.69) is 42.1 Å². The Kier molecular flexibility index (Phi) is 8.51. The normalized spacial score (nSPS) is 17.3. The fraction of sp³-hybridized carbons (Fsp3) is 0.361. The lowest BCUT2D eigenvalue weighted by atomic mass is 9.86. The van der Waals surface area contributed by atoms with E-state index in [4.69, 9.17) is 4.74 Å². The number of hydrogen-bond donors (Lipinski definition) is 3. The summed E-state index contributed by atoms with van der Waals surface area (Å²) in [4.78, 5) is 43.0. The highest BCUT2D eigenvalue weighted by atomic mass is 19.1. The second-order valence-corrected chi connectivity index (χ2v) is 13.7. The molecule has 0 spiro atoms. The van der Waals surface area contributed by atoms with E-state index in [-0.39, 0.29) is 33.4 Å². The quantitative estimate of drug-likeness (QED) is 0.232. The first-order valence-electron chi connectivity index (χ1n) is 16.4. The standard InChI is InChI=1S/C36H39FN8O4/c1-21-17-43(26-19-49-20-26)9-10-44(21)25-5-6-31(39-16-25)42-30-12-22(14-40-34(30)47)27-7-8-38-33(28(27)18-46)45-35(48)32-23(15-41-45)11-24(13-29(32)37)36(2,3)4/h5-8,11-16,21,26,46H,9-10,17-20H2,1-4H3,(H,39,42)(H,40,47)/t21-/m0/s1. The van der Waals surface area contributed by atoms with Crippen molar-refractivity contribution in [2.45, 2.75) is 51.8 Å². The Morgan fingerprint density at radius 2 is 1.90 bits per heavy atom. The molecule has 13 heteroatoms. The number of benzene rings is 1. The molecule has 0 bridgehead atoms. The Labute approximate surface area is 282 Å². The number of ether oxygens (including phenoxy) is 1. The molecule has 49 heavy (non-hydrogen) atoms. The van der Waals surface area contributed by atoms with Gasteiger partial charge in [-0.1, -0.05) is 20.8 Å². The molecule has 6 heterocycles. The number of aliphatic hydroxyl groups is 1. The zero-order valence-corrected chi connectivity index (χ0v) is 27.9. The summed E-state index contributed by atoms with van der Waals surface area (Å²) in [5.74, 6) is -0.106. The number of anilines is 3. The number of H-pyrrole nitrogens is 1. The molecular formula is C36H39FN8O4. The maximum absolute atomic E-state index is 15.3. The molecule has 5 aromatic rings. The molecule has 4 aromatic heterocycles. The van der Waals surface area contributed by atoms with Crippen LogP contribution in [0.4, 0.5) is 21.6 Å². The molecule has 7 rings (SSSR count). The van der Waals surface area contributed by atoms with Gasteiger partial charge >= 0.3 is 0 Å². The molecule has 0 amide bonds. The topological polar surface area (TPSA) is 142 Å². The van der Waals surface area contributed by atoms with E-state index in [0.717, 1.165) is 48.8 Å². The number of rotatable bonds is 7. The summed E-state index contributed by atoms with van der Waals surface area (Å²) in [6.45, 7) is 12.0. The van der Waals surface area contributed by atoms with Gasteiger partial charge < -0.3 is 25.0 Å². The van der Waals surface area contributed by atoms with Gasteiger partial charge in [-0.15, -0.1) is 0 Å². The number of halogens is 1. The predicted octanol–water partition coefficient (Wildman–Crippen LogP) is 4.11. The van der Waals surface area contributed by atoms with Crippen molar-refractivity contribution in [2.75, 3.05) is 43.1 Å². The van der Waals surface area contributed by atoms with Crippen molar-refractivity contribution < 1.29 is 14.2 Å². The van der Waals surface area contributed by atoms with Crippen LogP contribution in [0.1, 0.15) is 38.8 Å². The van der Waals surface area contributed by atoms with Crippen LogP contribution >= 0.6 is 0 Å². The third-order valence-electron chi connectivity index (χ3n) is 9.45. The minimum Gasteiger partial charge on any atom is -0.392 e. The number of piperazine rings is 1. The zero-order valence-electron chi connectivity index (χ0n) is 27.9. The van der Waals surface area contributed by atoms with E-state index in [1.807, 2.05) is 32.9 Å². The Morgan fingerprint density at radius 1 is 1.08 bits per heavy atom. The predicted molar refractivity (Wildman–Crippen MR) is 186 cm³/mol. The number of hydrogen-bond acceptors (Lipinski definition) is 10. The smallest absolute Gasteiger partial charge is 0.283 e. The molecular weight excluding hydrogens is 627 g/mol. The second kappa shape index (κ2) is 12.8. The van der Waals surface area contributed by atoms with Gasteiger partial charge in [0.1, 0.15) is 17.3 Å². The van der Waals surface area contributed by atoms with Gasteiger partial charge in [0.25, 0.3) is 11.1 Å². The minimum absolute atomic E-state index is 0.0558. The van der Waals surface area contributed by atoms with Gasteiger partial charge in [-0.25, -0.2) is 14.4 Å². The lowest BCUT2D eigenvalue weighted by Gasteiger charge is -2.46. The molecule has 2 aliphatic rings. The lowest BCUT2D eigenvalue weighted by Crippen LogP contribution is -2.59. The maximum atomic E-state index is 15.3. The number of nitrogens with zero attached hydrogens (tertiary/aromatic N) is 6. The number of fused-ring (bicyclic) bond motifs is 1. The summed E-state index contributed by atoms with van der Waals surface area (Å²) < 4.78 is 21.7. The Bertz CT molecular complexity index is 2140. The van der Waals surface area contributed by atoms with Gasteiger partial charge in [0, 0.05) is 54.6 Å². The molecule has 0 saturated carbocycles. The molecule has 1 aromatic carbocycles. The number of aromatic amines is 1. The summed E-state index contributed by atoms with van der Waals surface area (Å²) >= 11 is 0. The molecule has 0 radical (unpaired) electrons. The average molecular weight is 667 g/mol. The first kappa shape index (κ1) is 32.6. The monoisotopic (exact) mass is 666 g/mol. The van der Waals surface area contributed by atoms with Crippen molar-refractivity contribution in [3.63, 3.8) is 0 Å². The fourth-order valence-corrected chi connectivity index (χ4v) is 6.54. The van der Waals surface area contributed by atoms with Crippen molar-refractivity contribution in [3.8, 4) is 16.9 Å². The molecule has 0 aliphatic carbocycles. The van der Waals surface area contributed by atoms with Crippen molar-refractivity contribution in [3.05, 3.63) is 98.8 Å². The molecule has 3 N–H and O–H groups in total. The third kappa shape index (κ3) is 6.20. The largest absolute Gasteiger partial charge is 0.392 e. The average Bonchev–Trinajstić information content (AvgIpc) is 3.05. The van der Waals surface area contributed by atoms with Crippen LogP contribution in [0.15, 0.2) is 70.8 Å². The molecule has 2 aliphatic heterocycles. The summed E-state index contributed by atoms with van der Waals surface area (Å²) in [7, 11) is 0. The Hall–Kier alpha value is -4.98. The zero-order chi connectivity index (χ0) is 34.4. The van der Waals surface area contributed by atoms with Crippen LogP contribution in [0.2, 0.25) is 0 Å². The van der Waals surface area contributed by atoms with Crippen molar-refractivity contribution >= 4 is 28.0 Å². The number of aromatic nitrogens is 5. The number of nitrogens with one attached hydrogen (secondary N) is 2. The third-order valence-corrected chi connectivity index (χ3v) is 9.45. The molecule has 12 nitrogen and oxygen atoms in total. The van der Waals surface area contributed by atoms with Gasteiger partial charge in [-0.2, -0.15) is 9.78 Å². The molecule has 0 unspecified atom stereocenters. The maximum Gasteiger partial charge on any atom is 0.283 e. The molecule has 1 atom stereocenters. The van der Waals surface area contributed by atoms with Gasteiger partial charge in [-0.05, 0) is 59.9 Å². The number of aliphatic hydroxyl groups excluding tert-OH is 1. The summed E-state index contributed by atoms with van der Waals surface area (Å²) in [6.07, 6.45) is 6.22. The lowest BCUT2D eigenvalue weighted by molar-refractivity contribution is -0.0691. The van der Waals surface area contributed by atoms with Gasteiger partial charge in [-0.3, -0.25) is 14.5 Å². The van der Waals surface area contributed by atoms with E-state index in [1.165, 1.54) is 24.7 Å². The summed E-state index contributed by atoms with van der Waals surface area (Å²) in [5, 5.41) is 18.2. The van der Waals surface area contributed by atoms with E-state index in [9.17, 15) is 14.7 Å². The van der Waals surface area contributed by atoms with Gasteiger partial charge in [0.05, 0.1) is 49.3 Å². The van der Waals surface area contributed by atoms with Crippen molar-refractivity contribution in [1.29, 1.82) is 0 Å². The highest BCUT2D eigenvalue weighted by Crippen LogP contribution is 2.30. The van der Waals surface area contributed by atoms with Crippen LogP contribution in [-0.4, -0.2) is 79.7 Å². The first-order valence-corrected chi connectivity index (χ1v) is 16.4. The van der Waals surface area contributed by atoms with Crippen LogP contribution in [0, 0.1) is 5.82 Å². The van der Waals surface area contributed by atoms with E-state index >= 15 is 4.39 Å².